The van der Waals surface area contributed by atoms with Crippen molar-refractivity contribution >= 4 is 40.7 Å². The summed E-state index contributed by atoms with van der Waals surface area (Å²) in [5, 5.41) is 12.2. The normalized spacial score (nSPS) is 20.2. The Morgan fingerprint density at radius 2 is 1.79 bits per heavy atom. The SMILES string of the molecule is COc1ccc(N2C(=O)C3N=NN(CC(=O)Nc4ccc(Cl)cc4)C3C2=O)cc1. The number of methoxy groups -OCH3 is 1. The third-order valence-electron chi connectivity index (χ3n) is 4.62. The highest BCUT2D eigenvalue weighted by atomic mass is 35.5. The van der Waals surface area contributed by atoms with Crippen LogP contribution in [0.5, 0.6) is 5.75 Å². The second-order valence-electron chi connectivity index (χ2n) is 6.46. The fourth-order valence-electron chi connectivity index (χ4n) is 3.22. The first-order valence-electron chi connectivity index (χ1n) is 8.72. The average Bonchev–Trinajstić information content (AvgIpc) is 3.23. The Balaban J connectivity index is 1.47. The fraction of sp³-hybridized carbons (Fsp3) is 0.211. The van der Waals surface area contributed by atoms with Crippen LogP contribution in [-0.2, 0) is 14.4 Å². The van der Waals surface area contributed by atoms with Gasteiger partial charge in [-0.3, -0.25) is 19.4 Å². The van der Waals surface area contributed by atoms with Crippen LogP contribution in [-0.4, -0.2) is 48.5 Å². The number of benzene rings is 2. The van der Waals surface area contributed by atoms with Crippen LogP contribution in [0.2, 0.25) is 5.02 Å². The summed E-state index contributed by atoms with van der Waals surface area (Å²) in [7, 11) is 1.53. The summed E-state index contributed by atoms with van der Waals surface area (Å²) in [5.41, 5.74) is 0.969. The minimum absolute atomic E-state index is 0.219. The van der Waals surface area contributed by atoms with Gasteiger partial charge in [0.1, 0.15) is 12.3 Å². The van der Waals surface area contributed by atoms with Crippen LogP contribution in [0.25, 0.3) is 0 Å². The Hall–Kier alpha value is -3.46. The van der Waals surface area contributed by atoms with Crippen molar-refractivity contribution in [3.05, 3.63) is 53.6 Å². The molecular weight excluding hydrogens is 398 g/mol. The van der Waals surface area contributed by atoms with Crippen molar-refractivity contribution in [1.82, 2.24) is 5.01 Å². The lowest BCUT2D eigenvalue weighted by Gasteiger charge is -2.20. The van der Waals surface area contributed by atoms with E-state index in [-0.39, 0.29) is 6.54 Å². The van der Waals surface area contributed by atoms with Crippen molar-refractivity contribution in [2.45, 2.75) is 12.1 Å². The van der Waals surface area contributed by atoms with Gasteiger partial charge in [-0.25, -0.2) is 4.90 Å². The van der Waals surface area contributed by atoms with E-state index in [0.717, 1.165) is 4.90 Å². The van der Waals surface area contributed by atoms with Gasteiger partial charge in [0, 0.05) is 10.7 Å². The molecule has 29 heavy (non-hydrogen) atoms. The van der Waals surface area contributed by atoms with Gasteiger partial charge in [-0.15, -0.1) is 0 Å². The van der Waals surface area contributed by atoms with Gasteiger partial charge in [0.25, 0.3) is 11.8 Å². The maximum atomic E-state index is 12.9. The summed E-state index contributed by atoms with van der Waals surface area (Å²) in [6.07, 6.45) is 0. The number of nitrogens with zero attached hydrogens (tertiary/aromatic N) is 4. The Morgan fingerprint density at radius 3 is 2.45 bits per heavy atom. The van der Waals surface area contributed by atoms with E-state index in [1.807, 2.05) is 0 Å². The van der Waals surface area contributed by atoms with Crippen LogP contribution < -0.4 is 15.0 Å². The molecular formula is C19H16ClN5O4. The summed E-state index contributed by atoms with van der Waals surface area (Å²) >= 11 is 5.83. The molecule has 0 bridgehead atoms. The van der Waals surface area contributed by atoms with Crippen molar-refractivity contribution in [3.63, 3.8) is 0 Å². The van der Waals surface area contributed by atoms with Crippen molar-refractivity contribution < 1.29 is 19.1 Å². The van der Waals surface area contributed by atoms with Gasteiger partial charge in [-0.2, -0.15) is 5.11 Å². The number of fused-ring (bicyclic) bond motifs is 1. The molecule has 0 saturated carbocycles. The predicted molar refractivity (Wildman–Crippen MR) is 105 cm³/mol. The molecule has 9 nitrogen and oxygen atoms in total. The number of imide groups is 1. The molecule has 0 spiro atoms. The highest BCUT2D eigenvalue weighted by Gasteiger charge is 2.55. The number of anilines is 2. The smallest absolute Gasteiger partial charge is 0.263 e. The maximum Gasteiger partial charge on any atom is 0.263 e. The highest BCUT2D eigenvalue weighted by molar-refractivity contribution is 6.30. The standard InChI is InChI=1S/C19H16ClN5O4/c1-29-14-8-6-13(7-9-14)25-18(27)16-17(19(25)28)24(23-22-16)10-15(26)21-12-4-2-11(20)3-5-12/h2-9,16-17H,10H2,1H3,(H,21,26). The largest absolute Gasteiger partial charge is 0.497 e. The van der Waals surface area contributed by atoms with E-state index in [9.17, 15) is 14.4 Å². The van der Waals surface area contributed by atoms with Crippen LogP contribution in [0.4, 0.5) is 11.4 Å². The Labute approximate surface area is 170 Å². The minimum Gasteiger partial charge on any atom is -0.497 e. The number of rotatable bonds is 5. The van der Waals surface area contributed by atoms with Crippen molar-refractivity contribution in [3.8, 4) is 5.75 Å². The van der Waals surface area contributed by atoms with E-state index >= 15 is 0 Å². The molecule has 10 heteroatoms. The minimum atomic E-state index is -0.965. The molecule has 1 fully saturated rings. The molecule has 148 valence electrons. The number of halogens is 1. The molecule has 0 radical (unpaired) electrons. The Morgan fingerprint density at radius 1 is 1.10 bits per heavy atom. The van der Waals surface area contributed by atoms with Crippen molar-refractivity contribution in [2.24, 2.45) is 10.3 Å². The van der Waals surface area contributed by atoms with Gasteiger partial charge in [-0.05, 0) is 48.5 Å². The van der Waals surface area contributed by atoms with Gasteiger partial charge in [0.15, 0.2) is 12.1 Å². The highest BCUT2D eigenvalue weighted by Crippen LogP contribution is 2.32. The lowest BCUT2D eigenvalue weighted by atomic mass is 10.1. The van der Waals surface area contributed by atoms with E-state index in [2.05, 4.69) is 15.7 Å². The van der Waals surface area contributed by atoms with Crippen LogP contribution in [0.3, 0.4) is 0 Å². The first-order chi connectivity index (χ1) is 14.0. The number of hydrogen-bond acceptors (Lipinski definition) is 7. The van der Waals surface area contributed by atoms with E-state index in [1.54, 1.807) is 48.5 Å². The van der Waals surface area contributed by atoms with Crippen LogP contribution in [0.1, 0.15) is 0 Å². The number of hydrogen-bond donors (Lipinski definition) is 1. The van der Waals surface area contributed by atoms with E-state index < -0.39 is 29.8 Å². The molecule has 2 aliphatic heterocycles. The number of carbonyl (C=O) groups excluding carboxylic acids is 3. The van der Waals surface area contributed by atoms with Gasteiger partial charge in [-0.1, -0.05) is 16.8 Å². The molecule has 3 amide bonds. The van der Waals surface area contributed by atoms with Crippen LogP contribution >= 0.6 is 11.6 Å². The molecule has 4 rings (SSSR count). The summed E-state index contributed by atoms with van der Waals surface area (Å²) in [6, 6.07) is 11.2. The summed E-state index contributed by atoms with van der Waals surface area (Å²) in [6.45, 7) is -0.219. The van der Waals surface area contributed by atoms with Crippen molar-refractivity contribution in [1.29, 1.82) is 0 Å². The molecule has 0 aliphatic carbocycles. The average molecular weight is 414 g/mol. The van der Waals surface area contributed by atoms with Gasteiger partial charge in [0.2, 0.25) is 5.91 Å². The topological polar surface area (TPSA) is 104 Å². The molecule has 2 aromatic rings. The molecule has 2 unspecified atom stereocenters. The van der Waals surface area contributed by atoms with Crippen LogP contribution in [0, 0.1) is 0 Å². The lowest BCUT2D eigenvalue weighted by molar-refractivity contribution is -0.123. The Kier molecular flexibility index (Phi) is 4.89. The fourth-order valence-corrected chi connectivity index (χ4v) is 3.35. The van der Waals surface area contributed by atoms with Gasteiger partial charge >= 0.3 is 0 Å². The van der Waals surface area contributed by atoms with E-state index in [1.165, 1.54) is 12.1 Å². The predicted octanol–water partition coefficient (Wildman–Crippen LogP) is 2.28. The second kappa shape index (κ2) is 7.51. The summed E-state index contributed by atoms with van der Waals surface area (Å²) in [4.78, 5) is 39.0. The van der Waals surface area contributed by atoms with Gasteiger partial charge in [0.05, 0.1) is 12.8 Å². The molecule has 1 N–H and O–H groups in total. The molecule has 2 aromatic carbocycles. The Bertz CT molecular complexity index is 993. The van der Waals surface area contributed by atoms with E-state index in [4.69, 9.17) is 16.3 Å². The first kappa shape index (κ1) is 18.9. The monoisotopic (exact) mass is 413 g/mol. The van der Waals surface area contributed by atoms with Gasteiger partial charge < -0.3 is 10.1 Å². The summed E-state index contributed by atoms with van der Waals surface area (Å²) < 4.78 is 5.09. The first-order valence-corrected chi connectivity index (χ1v) is 9.10. The molecule has 2 heterocycles. The number of carbonyl (C=O) groups is 3. The third-order valence-corrected chi connectivity index (χ3v) is 4.87. The molecule has 1 saturated heterocycles. The number of nitrogens with one attached hydrogen (secondary N) is 1. The zero-order chi connectivity index (χ0) is 20.5. The molecule has 2 atom stereocenters. The quantitative estimate of drug-likeness (QED) is 0.757. The zero-order valence-electron chi connectivity index (χ0n) is 15.3. The number of amides is 3. The van der Waals surface area contributed by atoms with Crippen LogP contribution in [0.15, 0.2) is 58.9 Å². The maximum absolute atomic E-state index is 12.9. The van der Waals surface area contributed by atoms with E-state index in [0.29, 0.717) is 22.1 Å². The zero-order valence-corrected chi connectivity index (χ0v) is 16.0. The number of ether oxygens (including phenoxy) is 1. The second-order valence-corrected chi connectivity index (χ2v) is 6.89. The molecule has 2 aliphatic rings. The summed E-state index contributed by atoms with van der Waals surface area (Å²) in [5.74, 6) is -0.743. The van der Waals surface area contributed by atoms with Crippen molar-refractivity contribution in [2.75, 3.05) is 23.9 Å². The molecule has 0 aromatic heterocycles. The third kappa shape index (κ3) is 3.52. The lowest BCUT2D eigenvalue weighted by Crippen LogP contribution is -2.43.